The Morgan fingerprint density at radius 2 is 1.29 bits per heavy atom. The number of hydrogen-bond donors (Lipinski definition) is 3. The van der Waals surface area contributed by atoms with Crippen molar-refractivity contribution in [3.05, 3.63) is 95.6 Å². The molecular weight excluding hydrogens is 390 g/mol. The van der Waals surface area contributed by atoms with E-state index >= 15 is 0 Å². The summed E-state index contributed by atoms with van der Waals surface area (Å²) >= 11 is 0. The lowest BCUT2D eigenvalue weighted by molar-refractivity contribution is 0.0939. The maximum atomic E-state index is 12.7. The highest BCUT2D eigenvalue weighted by atomic mass is 16.2. The summed E-state index contributed by atoms with van der Waals surface area (Å²) < 4.78 is 0. The van der Waals surface area contributed by atoms with Crippen LogP contribution in [-0.2, 0) is 0 Å². The molecule has 3 aromatic carbocycles. The van der Waals surface area contributed by atoms with Gasteiger partial charge in [0, 0.05) is 22.9 Å². The molecular formula is C25H25N3O3. The maximum absolute atomic E-state index is 12.7. The van der Waals surface area contributed by atoms with E-state index in [1.807, 2.05) is 19.9 Å². The van der Waals surface area contributed by atoms with Crippen molar-refractivity contribution >= 4 is 29.1 Å². The number of para-hydroxylation sites is 1. The van der Waals surface area contributed by atoms with Gasteiger partial charge in [0.25, 0.3) is 17.7 Å². The lowest BCUT2D eigenvalue weighted by Gasteiger charge is -2.15. The van der Waals surface area contributed by atoms with E-state index in [-0.39, 0.29) is 23.8 Å². The Morgan fingerprint density at radius 1 is 0.710 bits per heavy atom. The molecule has 1 unspecified atom stereocenters. The molecule has 0 aliphatic rings. The number of amides is 3. The van der Waals surface area contributed by atoms with Crippen LogP contribution in [0, 0.1) is 0 Å². The summed E-state index contributed by atoms with van der Waals surface area (Å²) in [5, 5.41) is 8.50. The second-order valence-corrected chi connectivity index (χ2v) is 7.18. The van der Waals surface area contributed by atoms with E-state index in [1.54, 1.807) is 72.8 Å². The lowest BCUT2D eigenvalue weighted by Crippen LogP contribution is -2.32. The van der Waals surface area contributed by atoms with Crippen LogP contribution in [0.25, 0.3) is 0 Å². The number of anilines is 2. The third-order valence-corrected chi connectivity index (χ3v) is 4.85. The van der Waals surface area contributed by atoms with Crippen molar-refractivity contribution in [2.24, 2.45) is 0 Å². The van der Waals surface area contributed by atoms with Crippen LogP contribution in [0.2, 0.25) is 0 Å². The van der Waals surface area contributed by atoms with Gasteiger partial charge < -0.3 is 16.0 Å². The smallest absolute Gasteiger partial charge is 0.255 e. The zero-order valence-electron chi connectivity index (χ0n) is 17.5. The minimum atomic E-state index is -0.343. The molecule has 0 heterocycles. The van der Waals surface area contributed by atoms with Crippen LogP contribution in [0.5, 0.6) is 0 Å². The summed E-state index contributed by atoms with van der Waals surface area (Å²) in [7, 11) is 0. The van der Waals surface area contributed by atoms with Crippen LogP contribution in [0.15, 0.2) is 78.9 Å². The third-order valence-electron chi connectivity index (χ3n) is 4.85. The van der Waals surface area contributed by atoms with Crippen LogP contribution in [0.1, 0.15) is 51.3 Å². The van der Waals surface area contributed by atoms with Crippen LogP contribution in [-0.4, -0.2) is 23.8 Å². The summed E-state index contributed by atoms with van der Waals surface area (Å²) in [6.07, 6.45) is 0.813. The largest absolute Gasteiger partial charge is 0.350 e. The van der Waals surface area contributed by atoms with Crippen molar-refractivity contribution in [1.29, 1.82) is 0 Å². The van der Waals surface area contributed by atoms with E-state index in [1.165, 1.54) is 0 Å². The quantitative estimate of drug-likeness (QED) is 0.522. The van der Waals surface area contributed by atoms with E-state index in [2.05, 4.69) is 16.0 Å². The second kappa shape index (κ2) is 10.2. The Labute approximate surface area is 181 Å². The molecule has 6 heteroatoms. The molecule has 6 nitrogen and oxygen atoms in total. The summed E-state index contributed by atoms with van der Waals surface area (Å²) in [6, 6.07) is 22.4. The second-order valence-electron chi connectivity index (χ2n) is 7.18. The number of nitrogens with one attached hydrogen (secondary N) is 3. The van der Waals surface area contributed by atoms with Crippen molar-refractivity contribution in [3.63, 3.8) is 0 Å². The minimum Gasteiger partial charge on any atom is -0.350 e. The van der Waals surface area contributed by atoms with Crippen molar-refractivity contribution in [2.45, 2.75) is 26.3 Å². The van der Waals surface area contributed by atoms with Gasteiger partial charge in [-0.15, -0.1) is 0 Å². The van der Waals surface area contributed by atoms with Gasteiger partial charge in [0.2, 0.25) is 0 Å². The fourth-order valence-electron chi connectivity index (χ4n) is 2.89. The molecule has 3 N–H and O–H groups in total. The number of carbonyl (C=O) groups is 3. The van der Waals surface area contributed by atoms with Crippen molar-refractivity contribution in [2.75, 3.05) is 10.6 Å². The highest BCUT2D eigenvalue weighted by Crippen LogP contribution is 2.18. The Morgan fingerprint density at radius 3 is 1.97 bits per heavy atom. The fourth-order valence-corrected chi connectivity index (χ4v) is 2.89. The molecule has 1 atom stereocenters. The first kappa shape index (κ1) is 21.8. The van der Waals surface area contributed by atoms with Gasteiger partial charge >= 0.3 is 0 Å². The molecule has 0 aromatic heterocycles. The first-order chi connectivity index (χ1) is 15.0. The van der Waals surface area contributed by atoms with Gasteiger partial charge in [-0.05, 0) is 61.9 Å². The Bertz CT molecular complexity index is 1060. The molecule has 158 valence electrons. The fraction of sp³-hybridized carbons (Fsp3) is 0.160. The summed E-state index contributed by atoms with van der Waals surface area (Å²) in [6.45, 7) is 3.92. The zero-order valence-corrected chi connectivity index (χ0v) is 17.5. The first-order valence-corrected chi connectivity index (χ1v) is 10.2. The van der Waals surface area contributed by atoms with E-state index in [0.29, 0.717) is 28.1 Å². The molecule has 3 aromatic rings. The van der Waals surface area contributed by atoms with Gasteiger partial charge in [-0.1, -0.05) is 37.3 Å². The van der Waals surface area contributed by atoms with Crippen molar-refractivity contribution < 1.29 is 14.4 Å². The molecule has 0 bridgehead atoms. The number of rotatable bonds is 7. The summed E-state index contributed by atoms with van der Waals surface area (Å²) in [5.41, 5.74) is 2.39. The first-order valence-electron chi connectivity index (χ1n) is 10.2. The molecule has 3 rings (SSSR count). The average molecular weight is 415 g/mol. The van der Waals surface area contributed by atoms with Gasteiger partial charge in [0.05, 0.1) is 11.3 Å². The average Bonchev–Trinajstić information content (AvgIpc) is 2.80. The maximum Gasteiger partial charge on any atom is 0.255 e. The minimum absolute atomic E-state index is 0.0369. The van der Waals surface area contributed by atoms with Crippen LogP contribution < -0.4 is 16.0 Å². The van der Waals surface area contributed by atoms with Gasteiger partial charge in [-0.3, -0.25) is 14.4 Å². The number of benzene rings is 3. The Kier molecular flexibility index (Phi) is 7.17. The van der Waals surface area contributed by atoms with Crippen molar-refractivity contribution in [3.8, 4) is 0 Å². The van der Waals surface area contributed by atoms with Gasteiger partial charge in [0.15, 0.2) is 0 Å². The van der Waals surface area contributed by atoms with Crippen LogP contribution in [0.3, 0.4) is 0 Å². The molecule has 0 aliphatic heterocycles. The molecule has 3 amide bonds. The van der Waals surface area contributed by atoms with Crippen LogP contribution in [0.4, 0.5) is 11.4 Å². The molecule has 31 heavy (non-hydrogen) atoms. The molecule has 0 aliphatic carbocycles. The SMILES string of the molecule is CCC(C)NC(=O)c1ccccc1NC(=O)c1ccc(NC(=O)c2ccccc2)cc1. The molecule has 0 saturated heterocycles. The lowest BCUT2D eigenvalue weighted by atomic mass is 10.1. The highest BCUT2D eigenvalue weighted by Gasteiger charge is 2.15. The topological polar surface area (TPSA) is 87.3 Å². The van der Waals surface area contributed by atoms with Gasteiger partial charge in [-0.25, -0.2) is 0 Å². The number of hydrogen-bond acceptors (Lipinski definition) is 3. The summed E-state index contributed by atoms with van der Waals surface area (Å²) in [4.78, 5) is 37.5. The van der Waals surface area contributed by atoms with E-state index in [4.69, 9.17) is 0 Å². The standard InChI is InChI=1S/C25H25N3O3/c1-3-17(2)26-25(31)21-11-7-8-12-22(21)28-24(30)19-13-15-20(16-14-19)27-23(29)18-9-5-4-6-10-18/h4-17H,3H2,1-2H3,(H,26,31)(H,27,29)(H,28,30). The molecule has 0 spiro atoms. The monoisotopic (exact) mass is 415 g/mol. The van der Waals surface area contributed by atoms with E-state index in [0.717, 1.165) is 6.42 Å². The van der Waals surface area contributed by atoms with E-state index in [9.17, 15) is 14.4 Å². The van der Waals surface area contributed by atoms with Gasteiger partial charge in [0.1, 0.15) is 0 Å². The normalized spacial score (nSPS) is 11.3. The third kappa shape index (κ3) is 5.79. The molecule has 0 radical (unpaired) electrons. The predicted octanol–water partition coefficient (Wildman–Crippen LogP) is 4.72. The Balaban J connectivity index is 1.68. The Hall–Kier alpha value is -3.93. The van der Waals surface area contributed by atoms with Crippen molar-refractivity contribution in [1.82, 2.24) is 5.32 Å². The zero-order chi connectivity index (χ0) is 22.2. The van der Waals surface area contributed by atoms with E-state index < -0.39 is 0 Å². The highest BCUT2D eigenvalue weighted by molar-refractivity contribution is 6.09. The summed E-state index contributed by atoms with van der Waals surface area (Å²) in [5.74, 6) is -0.798. The van der Waals surface area contributed by atoms with Crippen LogP contribution >= 0.6 is 0 Å². The van der Waals surface area contributed by atoms with Gasteiger partial charge in [-0.2, -0.15) is 0 Å². The molecule has 0 saturated carbocycles. The predicted molar refractivity (Wildman–Crippen MR) is 122 cm³/mol. The molecule has 0 fully saturated rings. The number of carbonyl (C=O) groups excluding carboxylic acids is 3.